The molecule has 4 aliphatic carbocycles. The van der Waals surface area contributed by atoms with E-state index in [4.69, 9.17) is 4.74 Å². The normalized spacial score (nSPS) is 46.7. The molecule has 0 saturated heterocycles. The van der Waals surface area contributed by atoms with Gasteiger partial charge in [0.15, 0.2) is 5.78 Å². The largest absolute Gasteiger partial charge is 0.458 e. The van der Waals surface area contributed by atoms with E-state index in [-0.39, 0.29) is 46.8 Å². The lowest BCUT2D eigenvalue weighted by molar-refractivity contribution is -0.186. The van der Waals surface area contributed by atoms with Crippen LogP contribution in [0.15, 0.2) is 23.3 Å². The molecule has 0 amide bonds. The van der Waals surface area contributed by atoms with E-state index in [1.165, 1.54) is 6.92 Å². The van der Waals surface area contributed by atoms with E-state index >= 15 is 0 Å². The zero-order chi connectivity index (χ0) is 22.7. The second kappa shape index (κ2) is 5.86. The van der Waals surface area contributed by atoms with Gasteiger partial charge in [-0.05, 0) is 30.3 Å². The van der Waals surface area contributed by atoms with Crippen LogP contribution in [0.4, 0.5) is 0 Å². The fourth-order valence-corrected chi connectivity index (χ4v) is 7.17. The van der Waals surface area contributed by atoms with Gasteiger partial charge in [0.25, 0.3) is 0 Å². The van der Waals surface area contributed by atoms with Crippen molar-refractivity contribution in [3.05, 3.63) is 23.3 Å². The molecule has 0 aromatic heterocycles. The predicted molar refractivity (Wildman–Crippen MR) is 113 cm³/mol. The molecule has 7 atom stereocenters. The monoisotopic (exact) mass is 416 g/mol. The fourth-order valence-electron chi connectivity index (χ4n) is 7.17. The van der Waals surface area contributed by atoms with E-state index in [0.717, 1.165) is 5.57 Å². The van der Waals surface area contributed by atoms with Gasteiger partial charge in [0.2, 0.25) is 0 Å². The summed E-state index contributed by atoms with van der Waals surface area (Å²) in [5.74, 6) is -1.92. The standard InChI is InChI=1S/C25H36O5/c1-13-9-18-23(28,20(13)27)12-16(21(4,5)6)10-17-19-22(7,8)24(19,30-15(3)26)11-14(2)25(17,18)29/h9-10,14,17-19,28-29H,11-12H2,1-8H3/t14-,17+,18-,19-,23-,24+,25-/m1/s1. The number of carbonyl (C=O) groups is 2. The third-order valence-corrected chi connectivity index (χ3v) is 8.89. The molecule has 0 heterocycles. The van der Waals surface area contributed by atoms with Crippen molar-refractivity contribution >= 4 is 11.8 Å². The van der Waals surface area contributed by atoms with Gasteiger partial charge in [-0.2, -0.15) is 0 Å². The SMILES string of the molecule is CC(=O)O[C@@]12C[C@@H](C)[C@@]3(O)[C@@H](C=C(C(C)(C)C)C[C@]4(O)C(=O)C(C)=C[C@@H]34)[C@@H]1C2(C)C. The minimum atomic E-state index is -1.64. The molecule has 0 radical (unpaired) electrons. The van der Waals surface area contributed by atoms with Crippen LogP contribution in [0.25, 0.3) is 0 Å². The van der Waals surface area contributed by atoms with Crippen molar-refractivity contribution < 1.29 is 24.5 Å². The fraction of sp³-hybridized carbons (Fsp3) is 0.760. The number of hydrogen-bond donors (Lipinski definition) is 2. The molecule has 0 bridgehead atoms. The molecule has 0 unspecified atom stereocenters. The Bertz CT molecular complexity index is 890. The van der Waals surface area contributed by atoms with Gasteiger partial charge in [-0.1, -0.05) is 59.3 Å². The van der Waals surface area contributed by atoms with Crippen LogP contribution in [-0.2, 0) is 14.3 Å². The lowest BCUT2D eigenvalue weighted by Gasteiger charge is -2.50. The zero-order valence-electron chi connectivity index (χ0n) is 19.5. The van der Waals surface area contributed by atoms with E-state index in [1.54, 1.807) is 13.0 Å². The quantitative estimate of drug-likeness (QED) is 0.504. The number of hydrogen-bond acceptors (Lipinski definition) is 5. The minimum Gasteiger partial charge on any atom is -0.458 e. The first kappa shape index (κ1) is 21.8. The van der Waals surface area contributed by atoms with Gasteiger partial charge in [-0.25, -0.2) is 0 Å². The summed E-state index contributed by atoms with van der Waals surface area (Å²) in [6, 6.07) is 0. The van der Waals surface area contributed by atoms with Gasteiger partial charge >= 0.3 is 5.97 Å². The molecule has 2 saturated carbocycles. The van der Waals surface area contributed by atoms with E-state index < -0.39 is 22.7 Å². The van der Waals surface area contributed by atoms with Crippen LogP contribution in [0.2, 0.25) is 0 Å². The van der Waals surface area contributed by atoms with Crippen LogP contribution in [0.5, 0.6) is 0 Å². The smallest absolute Gasteiger partial charge is 0.303 e. The van der Waals surface area contributed by atoms with Gasteiger partial charge in [-0.3, -0.25) is 9.59 Å². The van der Waals surface area contributed by atoms with E-state index in [1.807, 2.05) is 6.92 Å². The van der Waals surface area contributed by atoms with E-state index in [0.29, 0.717) is 12.0 Å². The minimum absolute atomic E-state index is 0.0702. The number of ether oxygens (including phenoxy) is 1. The van der Waals surface area contributed by atoms with Crippen LogP contribution in [0.1, 0.15) is 68.2 Å². The Morgan fingerprint density at radius 2 is 1.80 bits per heavy atom. The number of rotatable bonds is 1. The first-order valence-corrected chi connectivity index (χ1v) is 11.1. The summed E-state index contributed by atoms with van der Waals surface area (Å²) in [6.07, 6.45) is 4.64. The summed E-state index contributed by atoms with van der Waals surface area (Å²) in [4.78, 5) is 25.1. The maximum atomic E-state index is 13.1. The van der Waals surface area contributed by atoms with Gasteiger partial charge in [0.1, 0.15) is 11.2 Å². The molecule has 166 valence electrons. The maximum absolute atomic E-state index is 13.1. The van der Waals surface area contributed by atoms with Crippen molar-refractivity contribution in [3.8, 4) is 0 Å². The molecule has 0 spiro atoms. The molecular weight excluding hydrogens is 380 g/mol. The van der Waals surface area contributed by atoms with Gasteiger partial charge in [0, 0.05) is 36.5 Å². The molecule has 30 heavy (non-hydrogen) atoms. The number of Topliss-reactive ketones (excluding diaryl/α,β-unsaturated/α-hetero) is 1. The molecule has 0 aliphatic heterocycles. The lowest BCUT2D eigenvalue weighted by atomic mass is 9.60. The Hall–Kier alpha value is -1.46. The maximum Gasteiger partial charge on any atom is 0.303 e. The Labute approximate surface area is 179 Å². The zero-order valence-corrected chi connectivity index (χ0v) is 19.5. The lowest BCUT2D eigenvalue weighted by Crippen LogP contribution is -2.61. The summed E-state index contributed by atoms with van der Waals surface area (Å²) in [7, 11) is 0. The molecule has 2 fully saturated rings. The molecule has 4 rings (SSSR count). The summed E-state index contributed by atoms with van der Waals surface area (Å²) >= 11 is 0. The molecule has 0 aromatic carbocycles. The molecule has 5 nitrogen and oxygen atoms in total. The van der Waals surface area contributed by atoms with Crippen molar-refractivity contribution in [2.45, 2.75) is 85.0 Å². The highest BCUT2D eigenvalue weighted by atomic mass is 16.6. The average molecular weight is 417 g/mol. The predicted octanol–water partition coefficient (Wildman–Crippen LogP) is 3.58. The second-order valence-electron chi connectivity index (χ2n) is 11.9. The van der Waals surface area contributed by atoms with Crippen LogP contribution < -0.4 is 0 Å². The summed E-state index contributed by atoms with van der Waals surface area (Å²) in [5.41, 5.74) is -2.64. The van der Waals surface area contributed by atoms with Gasteiger partial charge < -0.3 is 14.9 Å². The van der Waals surface area contributed by atoms with Crippen LogP contribution in [-0.4, -0.2) is 38.8 Å². The highest BCUT2D eigenvalue weighted by Crippen LogP contribution is 2.76. The van der Waals surface area contributed by atoms with Crippen molar-refractivity contribution in [3.63, 3.8) is 0 Å². The Balaban J connectivity index is 1.94. The average Bonchev–Trinajstić information content (AvgIpc) is 2.98. The molecule has 4 aliphatic rings. The van der Waals surface area contributed by atoms with Crippen molar-refractivity contribution in [2.24, 2.45) is 34.5 Å². The number of ketones is 1. The number of carbonyl (C=O) groups excluding carboxylic acids is 2. The van der Waals surface area contributed by atoms with E-state index in [2.05, 4.69) is 40.7 Å². The van der Waals surface area contributed by atoms with Gasteiger partial charge in [-0.15, -0.1) is 0 Å². The van der Waals surface area contributed by atoms with Crippen molar-refractivity contribution in [1.29, 1.82) is 0 Å². The number of esters is 1. The van der Waals surface area contributed by atoms with E-state index in [9.17, 15) is 19.8 Å². The van der Waals surface area contributed by atoms with Crippen molar-refractivity contribution in [1.82, 2.24) is 0 Å². The topological polar surface area (TPSA) is 83.8 Å². The summed E-state index contributed by atoms with van der Waals surface area (Å²) in [6.45, 7) is 15.6. The molecule has 0 aromatic rings. The van der Waals surface area contributed by atoms with Crippen LogP contribution in [0.3, 0.4) is 0 Å². The summed E-state index contributed by atoms with van der Waals surface area (Å²) < 4.78 is 5.95. The van der Waals surface area contributed by atoms with Crippen molar-refractivity contribution in [2.75, 3.05) is 0 Å². The summed E-state index contributed by atoms with van der Waals surface area (Å²) in [5, 5.41) is 24.1. The highest BCUT2D eigenvalue weighted by molar-refractivity contribution is 6.04. The Morgan fingerprint density at radius 1 is 1.20 bits per heavy atom. The Morgan fingerprint density at radius 3 is 2.33 bits per heavy atom. The third-order valence-electron chi connectivity index (χ3n) is 8.89. The van der Waals surface area contributed by atoms with Crippen LogP contribution in [0, 0.1) is 34.5 Å². The molecular formula is C25H36O5. The highest BCUT2D eigenvalue weighted by Gasteiger charge is 2.83. The number of aliphatic hydroxyl groups is 2. The third kappa shape index (κ3) is 2.42. The molecule has 2 N–H and O–H groups in total. The number of fused-ring (bicyclic) bond motifs is 5. The Kier molecular flexibility index (Phi) is 4.25. The first-order valence-electron chi connectivity index (χ1n) is 11.1. The molecule has 5 heteroatoms. The van der Waals surface area contributed by atoms with Gasteiger partial charge in [0.05, 0.1) is 5.60 Å². The van der Waals surface area contributed by atoms with Crippen LogP contribution >= 0.6 is 0 Å². The second-order valence-corrected chi connectivity index (χ2v) is 11.9. The first-order chi connectivity index (χ1) is 13.5.